The van der Waals surface area contributed by atoms with Crippen LogP contribution in [0.5, 0.6) is 0 Å². The number of hydrogen-bond donors (Lipinski definition) is 1. The van der Waals surface area contributed by atoms with Crippen molar-refractivity contribution in [1.29, 1.82) is 0 Å². The third kappa shape index (κ3) is 2.29. The average Bonchev–Trinajstić information content (AvgIpc) is 2.18. The smallest absolute Gasteiger partial charge is 0.272 e. The van der Waals surface area contributed by atoms with Gasteiger partial charge < -0.3 is 5.73 Å². The van der Waals surface area contributed by atoms with Gasteiger partial charge in [-0.05, 0) is 18.9 Å². The molecule has 0 radical (unpaired) electrons. The SMILES string of the molecule is CC(CCN)c1ccccc1[N+](=O)[O-]. The molecule has 0 fully saturated rings. The van der Waals surface area contributed by atoms with Crippen LogP contribution in [0.15, 0.2) is 24.3 Å². The number of hydrogen-bond acceptors (Lipinski definition) is 3. The van der Waals surface area contributed by atoms with Crippen molar-refractivity contribution in [2.45, 2.75) is 19.3 Å². The van der Waals surface area contributed by atoms with Gasteiger partial charge in [-0.3, -0.25) is 10.1 Å². The molecule has 14 heavy (non-hydrogen) atoms. The molecule has 4 nitrogen and oxygen atoms in total. The molecule has 0 aliphatic rings. The van der Waals surface area contributed by atoms with Crippen LogP contribution in [0, 0.1) is 10.1 Å². The highest BCUT2D eigenvalue weighted by Crippen LogP contribution is 2.27. The normalized spacial score (nSPS) is 12.4. The topological polar surface area (TPSA) is 69.2 Å². The fourth-order valence-electron chi connectivity index (χ4n) is 1.48. The molecule has 2 N–H and O–H groups in total. The number of nitrogens with two attached hydrogens (primary N) is 1. The Morgan fingerprint density at radius 1 is 1.50 bits per heavy atom. The molecule has 0 saturated heterocycles. The second-order valence-electron chi connectivity index (χ2n) is 3.29. The molecule has 0 aliphatic carbocycles. The Kier molecular flexibility index (Phi) is 3.59. The van der Waals surface area contributed by atoms with E-state index in [2.05, 4.69) is 0 Å². The average molecular weight is 194 g/mol. The van der Waals surface area contributed by atoms with E-state index in [9.17, 15) is 10.1 Å². The van der Waals surface area contributed by atoms with Gasteiger partial charge in [0.25, 0.3) is 5.69 Å². The Morgan fingerprint density at radius 2 is 2.14 bits per heavy atom. The highest BCUT2D eigenvalue weighted by Gasteiger charge is 2.16. The third-order valence-electron chi connectivity index (χ3n) is 2.26. The molecule has 1 aromatic rings. The number of para-hydroxylation sites is 1. The lowest BCUT2D eigenvalue weighted by molar-refractivity contribution is -0.385. The fourth-order valence-corrected chi connectivity index (χ4v) is 1.48. The second kappa shape index (κ2) is 4.72. The molecule has 0 saturated carbocycles. The summed E-state index contributed by atoms with van der Waals surface area (Å²) in [6, 6.07) is 6.81. The Hall–Kier alpha value is -1.42. The lowest BCUT2D eigenvalue weighted by atomic mass is 9.96. The number of nitrogens with zero attached hydrogens (tertiary/aromatic N) is 1. The van der Waals surface area contributed by atoms with Crippen LogP contribution in [0.4, 0.5) is 5.69 Å². The van der Waals surface area contributed by atoms with Crippen molar-refractivity contribution < 1.29 is 4.92 Å². The maximum absolute atomic E-state index is 10.7. The Labute approximate surface area is 82.9 Å². The molecule has 0 amide bonds. The standard InChI is InChI=1S/C10H14N2O2/c1-8(6-7-11)9-4-2-3-5-10(9)12(13)14/h2-5,8H,6-7,11H2,1H3. The summed E-state index contributed by atoms with van der Waals surface area (Å²) in [5.74, 6) is 0.140. The summed E-state index contributed by atoms with van der Waals surface area (Å²) in [4.78, 5) is 10.4. The van der Waals surface area contributed by atoms with Gasteiger partial charge in [0.05, 0.1) is 4.92 Å². The predicted molar refractivity (Wildman–Crippen MR) is 55.2 cm³/mol. The molecule has 4 heteroatoms. The first-order valence-corrected chi connectivity index (χ1v) is 4.60. The Morgan fingerprint density at radius 3 is 2.71 bits per heavy atom. The Balaban J connectivity index is 3.00. The van der Waals surface area contributed by atoms with Crippen molar-refractivity contribution in [3.05, 3.63) is 39.9 Å². The van der Waals surface area contributed by atoms with E-state index in [4.69, 9.17) is 5.73 Å². The lowest BCUT2D eigenvalue weighted by Gasteiger charge is -2.10. The van der Waals surface area contributed by atoms with Gasteiger partial charge in [0.15, 0.2) is 0 Å². The lowest BCUT2D eigenvalue weighted by Crippen LogP contribution is -2.06. The maximum atomic E-state index is 10.7. The molecule has 1 rings (SSSR count). The van der Waals surface area contributed by atoms with Gasteiger partial charge >= 0.3 is 0 Å². The number of rotatable bonds is 4. The van der Waals surface area contributed by atoms with Gasteiger partial charge in [0.1, 0.15) is 0 Å². The first-order valence-electron chi connectivity index (χ1n) is 4.60. The molecule has 1 atom stereocenters. The summed E-state index contributed by atoms with van der Waals surface area (Å²) in [6.07, 6.45) is 0.769. The molecule has 0 bridgehead atoms. The van der Waals surface area contributed by atoms with Crippen molar-refractivity contribution in [2.75, 3.05) is 6.54 Å². The van der Waals surface area contributed by atoms with Crippen molar-refractivity contribution >= 4 is 5.69 Å². The summed E-state index contributed by atoms with van der Waals surface area (Å²) >= 11 is 0. The summed E-state index contributed by atoms with van der Waals surface area (Å²) in [6.45, 7) is 2.50. The highest BCUT2D eigenvalue weighted by atomic mass is 16.6. The van der Waals surface area contributed by atoms with Crippen LogP contribution >= 0.6 is 0 Å². The molecule has 0 aliphatic heterocycles. The molecule has 76 valence electrons. The molecular weight excluding hydrogens is 180 g/mol. The van der Waals surface area contributed by atoms with E-state index in [1.165, 1.54) is 6.07 Å². The monoisotopic (exact) mass is 194 g/mol. The zero-order valence-electron chi connectivity index (χ0n) is 8.14. The molecule has 0 heterocycles. The van der Waals surface area contributed by atoms with E-state index in [0.717, 1.165) is 12.0 Å². The van der Waals surface area contributed by atoms with Crippen LogP contribution in [-0.4, -0.2) is 11.5 Å². The van der Waals surface area contributed by atoms with Crippen LogP contribution < -0.4 is 5.73 Å². The van der Waals surface area contributed by atoms with Crippen molar-refractivity contribution in [3.8, 4) is 0 Å². The second-order valence-corrected chi connectivity index (χ2v) is 3.29. The van der Waals surface area contributed by atoms with E-state index >= 15 is 0 Å². The van der Waals surface area contributed by atoms with E-state index in [-0.39, 0.29) is 16.5 Å². The zero-order valence-corrected chi connectivity index (χ0v) is 8.14. The van der Waals surface area contributed by atoms with Gasteiger partial charge in [-0.15, -0.1) is 0 Å². The minimum Gasteiger partial charge on any atom is -0.330 e. The van der Waals surface area contributed by atoms with E-state index in [1.54, 1.807) is 12.1 Å². The molecular formula is C10H14N2O2. The highest BCUT2D eigenvalue weighted by molar-refractivity contribution is 5.41. The number of benzene rings is 1. The zero-order chi connectivity index (χ0) is 10.6. The predicted octanol–water partition coefficient (Wildman–Crippen LogP) is 2.05. The molecule has 1 aromatic carbocycles. The first kappa shape index (κ1) is 10.7. The minimum absolute atomic E-state index is 0.140. The Bertz CT molecular complexity index is 326. The van der Waals surface area contributed by atoms with Crippen LogP contribution in [-0.2, 0) is 0 Å². The van der Waals surface area contributed by atoms with E-state index in [1.807, 2.05) is 13.0 Å². The van der Waals surface area contributed by atoms with Gasteiger partial charge in [-0.2, -0.15) is 0 Å². The van der Waals surface area contributed by atoms with Crippen molar-refractivity contribution in [3.63, 3.8) is 0 Å². The number of nitro benzene ring substituents is 1. The quantitative estimate of drug-likeness (QED) is 0.589. The summed E-state index contributed by atoms with van der Waals surface area (Å²) in [7, 11) is 0. The summed E-state index contributed by atoms with van der Waals surface area (Å²) in [5.41, 5.74) is 6.38. The largest absolute Gasteiger partial charge is 0.330 e. The van der Waals surface area contributed by atoms with Crippen molar-refractivity contribution in [1.82, 2.24) is 0 Å². The van der Waals surface area contributed by atoms with Gasteiger partial charge in [0.2, 0.25) is 0 Å². The van der Waals surface area contributed by atoms with Crippen molar-refractivity contribution in [2.24, 2.45) is 5.73 Å². The number of nitro groups is 1. The van der Waals surface area contributed by atoms with E-state index in [0.29, 0.717) is 6.54 Å². The van der Waals surface area contributed by atoms with E-state index < -0.39 is 0 Å². The van der Waals surface area contributed by atoms with Gasteiger partial charge in [-0.1, -0.05) is 25.1 Å². The minimum atomic E-state index is -0.345. The fraction of sp³-hybridized carbons (Fsp3) is 0.400. The summed E-state index contributed by atoms with van der Waals surface area (Å²) in [5, 5.41) is 10.7. The van der Waals surface area contributed by atoms with Crippen LogP contribution in [0.3, 0.4) is 0 Å². The first-order chi connectivity index (χ1) is 6.66. The third-order valence-corrected chi connectivity index (χ3v) is 2.26. The summed E-state index contributed by atoms with van der Waals surface area (Å²) < 4.78 is 0. The van der Waals surface area contributed by atoms with Crippen LogP contribution in [0.1, 0.15) is 24.8 Å². The van der Waals surface area contributed by atoms with Gasteiger partial charge in [-0.25, -0.2) is 0 Å². The van der Waals surface area contributed by atoms with Crippen LogP contribution in [0.25, 0.3) is 0 Å². The van der Waals surface area contributed by atoms with Gasteiger partial charge in [0, 0.05) is 11.6 Å². The molecule has 1 unspecified atom stereocenters. The molecule has 0 aromatic heterocycles. The molecule has 0 spiro atoms. The maximum Gasteiger partial charge on any atom is 0.272 e. The van der Waals surface area contributed by atoms with Crippen LogP contribution in [0.2, 0.25) is 0 Å².